The molecule has 0 amide bonds. The zero-order chi connectivity index (χ0) is 21.0. The van der Waals surface area contributed by atoms with Gasteiger partial charge in [-0.05, 0) is 61.2 Å². The molecule has 2 unspecified atom stereocenters. The molecule has 1 aliphatic heterocycles. The summed E-state index contributed by atoms with van der Waals surface area (Å²) in [6.45, 7) is 5.06. The zero-order valence-electron chi connectivity index (χ0n) is 16.8. The van der Waals surface area contributed by atoms with Crippen molar-refractivity contribution in [2.45, 2.75) is 39.0 Å². The Morgan fingerprint density at radius 2 is 1.83 bits per heavy atom. The molecule has 1 aliphatic rings. The number of nitrogens with zero attached hydrogens (tertiary/aromatic N) is 1. The third-order valence-electron chi connectivity index (χ3n) is 5.11. The first-order chi connectivity index (χ1) is 13.7. The molecular formula is C22H28ClNO4S. The van der Waals surface area contributed by atoms with E-state index in [2.05, 4.69) is 6.07 Å². The molecule has 0 aliphatic carbocycles. The van der Waals surface area contributed by atoms with Crippen LogP contribution in [0.15, 0.2) is 42.5 Å². The first kappa shape index (κ1) is 22.1. The van der Waals surface area contributed by atoms with Crippen molar-refractivity contribution in [2.24, 2.45) is 0 Å². The van der Waals surface area contributed by atoms with E-state index in [0.717, 1.165) is 22.4 Å². The molecule has 7 heteroatoms. The maximum Gasteiger partial charge on any atom is 0.151 e. The summed E-state index contributed by atoms with van der Waals surface area (Å²) in [5, 5.41) is 11.3. The van der Waals surface area contributed by atoms with Crippen LogP contribution in [-0.4, -0.2) is 55.2 Å². The molecule has 1 fully saturated rings. The minimum atomic E-state index is -3.02. The lowest BCUT2D eigenvalue weighted by molar-refractivity contribution is 0.0524. The van der Waals surface area contributed by atoms with Crippen molar-refractivity contribution in [1.82, 2.24) is 4.90 Å². The highest BCUT2D eigenvalue weighted by Gasteiger charge is 2.33. The number of aliphatic hydroxyl groups is 1. The quantitative estimate of drug-likeness (QED) is 0.685. The van der Waals surface area contributed by atoms with Gasteiger partial charge in [0.15, 0.2) is 9.84 Å². The second-order valence-corrected chi connectivity index (χ2v) is 10.6. The lowest BCUT2D eigenvalue weighted by Crippen LogP contribution is -2.42. The molecule has 1 N–H and O–H groups in total. The smallest absolute Gasteiger partial charge is 0.151 e. The Balaban J connectivity index is 1.65. The van der Waals surface area contributed by atoms with Crippen LogP contribution in [0, 0.1) is 13.8 Å². The Kier molecular flexibility index (Phi) is 7.22. The number of benzene rings is 2. The summed E-state index contributed by atoms with van der Waals surface area (Å²) < 4.78 is 29.7. The average molecular weight is 438 g/mol. The molecule has 1 saturated heterocycles. The molecular weight excluding hydrogens is 410 g/mol. The molecule has 5 nitrogen and oxygen atoms in total. The van der Waals surface area contributed by atoms with Crippen LogP contribution < -0.4 is 4.74 Å². The highest BCUT2D eigenvalue weighted by Crippen LogP contribution is 2.22. The monoisotopic (exact) mass is 437 g/mol. The molecule has 3 rings (SSSR count). The number of hydrogen-bond acceptors (Lipinski definition) is 5. The van der Waals surface area contributed by atoms with Crippen molar-refractivity contribution >= 4 is 21.4 Å². The van der Waals surface area contributed by atoms with Crippen molar-refractivity contribution < 1.29 is 18.3 Å². The number of hydrogen-bond donors (Lipinski definition) is 1. The van der Waals surface area contributed by atoms with Gasteiger partial charge in [0.1, 0.15) is 18.5 Å². The number of halogens is 1. The minimum Gasteiger partial charge on any atom is -0.491 e. The van der Waals surface area contributed by atoms with Crippen molar-refractivity contribution in [1.29, 1.82) is 0 Å². The van der Waals surface area contributed by atoms with Crippen molar-refractivity contribution in [3.8, 4) is 5.75 Å². The molecule has 2 aromatic rings. The van der Waals surface area contributed by atoms with Gasteiger partial charge in [0.25, 0.3) is 0 Å². The SMILES string of the molecule is Cc1cc(C)cc(OCC(O)CN(Cc2ccc(Cl)cc2)C2CCS(=O)(=O)C2)c1. The average Bonchev–Trinajstić information content (AvgIpc) is 3.00. The fraction of sp³-hybridized carbons (Fsp3) is 0.455. The first-order valence-electron chi connectivity index (χ1n) is 9.78. The van der Waals surface area contributed by atoms with Gasteiger partial charge < -0.3 is 9.84 Å². The highest BCUT2D eigenvalue weighted by molar-refractivity contribution is 7.91. The fourth-order valence-electron chi connectivity index (χ4n) is 3.76. The van der Waals surface area contributed by atoms with Gasteiger partial charge in [0.2, 0.25) is 0 Å². The summed E-state index contributed by atoms with van der Waals surface area (Å²) in [4.78, 5) is 2.04. The maximum atomic E-state index is 12.0. The molecule has 158 valence electrons. The van der Waals surface area contributed by atoms with Crippen molar-refractivity contribution in [2.75, 3.05) is 24.7 Å². The molecule has 0 spiro atoms. The molecule has 0 bridgehead atoms. The number of sulfone groups is 1. The normalized spacial score (nSPS) is 19.4. The molecule has 0 aromatic heterocycles. The van der Waals surface area contributed by atoms with Gasteiger partial charge in [-0.1, -0.05) is 29.8 Å². The second kappa shape index (κ2) is 9.47. The highest BCUT2D eigenvalue weighted by atomic mass is 35.5. The zero-order valence-corrected chi connectivity index (χ0v) is 18.4. The van der Waals surface area contributed by atoms with Crippen LogP contribution in [-0.2, 0) is 16.4 Å². The Morgan fingerprint density at radius 3 is 2.41 bits per heavy atom. The van der Waals surface area contributed by atoms with Crippen LogP contribution >= 0.6 is 11.6 Å². The van der Waals surface area contributed by atoms with E-state index in [1.54, 1.807) is 0 Å². The molecule has 1 heterocycles. The van der Waals surface area contributed by atoms with Crippen molar-refractivity contribution in [3.63, 3.8) is 0 Å². The molecule has 29 heavy (non-hydrogen) atoms. The van der Waals surface area contributed by atoms with E-state index < -0.39 is 15.9 Å². The first-order valence-corrected chi connectivity index (χ1v) is 12.0. The van der Waals surface area contributed by atoms with E-state index in [4.69, 9.17) is 16.3 Å². The number of aryl methyl sites for hydroxylation is 2. The Bertz CT molecular complexity index is 910. The van der Waals surface area contributed by atoms with Gasteiger partial charge in [-0.2, -0.15) is 0 Å². The summed E-state index contributed by atoms with van der Waals surface area (Å²) >= 11 is 5.97. The Hall–Kier alpha value is -1.60. The van der Waals surface area contributed by atoms with Gasteiger partial charge in [-0.3, -0.25) is 4.90 Å². The maximum absolute atomic E-state index is 12.0. The summed E-state index contributed by atoms with van der Waals surface area (Å²) in [7, 11) is -3.02. The topological polar surface area (TPSA) is 66.8 Å². The van der Waals surface area contributed by atoms with E-state index in [-0.39, 0.29) is 24.2 Å². The van der Waals surface area contributed by atoms with Crippen LogP contribution in [0.2, 0.25) is 5.02 Å². The largest absolute Gasteiger partial charge is 0.491 e. The molecule has 2 aromatic carbocycles. The van der Waals surface area contributed by atoms with Crippen molar-refractivity contribution in [3.05, 3.63) is 64.2 Å². The van der Waals surface area contributed by atoms with Crippen LogP contribution in [0.1, 0.15) is 23.1 Å². The fourth-order valence-corrected chi connectivity index (χ4v) is 5.65. The van der Waals surface area contributed by atoms with E-state index >= 15 is 0 Å². The molecule has 0 radical (unpaired) electrons. The van der Waals surface area contributed by atoms with Crippen LogP contribution in [0.5, 0.6) is 5.75 Å². The van der Waals surface area contributed by atoms with E-state index in [1.165, 1.54) is 0 Å². The number of aliphatic hydroxyl groups excluding tert-OH is 1. The third kappa shape index (κ3) is 6.71. The second-order valence-electron chi connectivity index (χ2n) is 7.90. The lowest BCUT2D eigenvalue weighted by atomic mass is 10.1. The van der Waals surface area contributed by atoms with Gasteiger partial charge in [0, 0.05) is 24.2 Å². The summed E-state index contributed by atoms with van der Waals surface area (Å²) in [5.74, 6) is 1.06. The Morgan fingerprint density at radius 1 is 1.17 bits per heavy atom. The lowest BCUT2D eigenvalue weighted by Gasteiger charge is -2.30. The summed E-state index contributed by atoms with van der Waals surface area (Å²) in [6.07, 6.45) is -0.146. The van der Waals surface area contributed by atoms with E-state index in [1.807, 2.05) is 55.1 Å². The predicted molar refractivity (Wildman–Crippen MR) is 116 cm³/mol. The Labute approximate surface area is 178 Å². The third-order valence-corrected chi connectivity index (χ3v) is 7.11. The minimum absolute atomic E-state index is 0.105. The standard InChI is InChI=1S/C22H28ClNO4S/c1-16-9-17(2)11-22(10-16)28-14-21(25)13-24(20-7-8-29(26,27)15-20)12-18-3-5-19(23)6-4-18/h3-6,9-11,20-21,25H,7-8,12-15H2,1-2H3. The predicted octanol–water partition coefficient (Wildman–Crippen LogP) is 3.39. The summed E-state index contributed by atoms with van der Waals surface area (Å²) in [6, 6.07) is 13.3. The number of rotatable bonds is 8. The molecule has 2 atom stereocenters. The van der Waals surface area contributed by atoms with Crippen LogP contribution in [0.3, 0.4) is 0 Å². The van der Waals surface area contributed by atoms with Gasteiger partial charge >= 0.3 is 0 Å². The van der Waals surface area contributed by atoms with Gasteiger partial charge in [-0.15, -0.1) is 0 Å². The van der Waals surface area contributed by atoms with Gasteiger partial charge in [-0.25, -0.2) is 8.42 Å². The van der Waals surface area contributed by atoms with E-state index in [9.17, 15) is 13.5 Å². The number of ether oxygens (including phenoxy) is 1. The van der Waals surface area contributed by atoms with E-state index in [0.29, 0.717) is 24.5 Å². The summed E-state index contributed by atoms with van der Waals surface area (Å²) in [5.41, 5.74) is 3.24. The molecule has 0 saturated carbocycles. The van der Waals surface area contributed by atoms with Crippen LogP contribution in [0.25, 0.3) is 0 Å². The van der Waals surface area contributed by atoms with Gasteiger partial charge in [0.05, 0.1) is 11.5 Å². The van der Waals surface area contributed by atoms with Crippen LogP contribution in [0.4, 0.5) is 0 Å².